The van der Waals surface area contributed by atoms with E-state index in [4.69, 9.17) is 10.6 Å². The monoisotopic (exact) mass is 270 g/mol. The second kappa shape index (κ2) is 8.91. The number of hydrazine groups is 1. The van der Waals surface area contributed by atoms with E-state index in [0.717, 1.165) is 17.9 Å². The molecule has 0 bridgehead atoms. The van der Waals surface area contributed by atoms with E-state index in [1.54, 1.807) is 0 Å². The van der Waals surface area contributed by atoms with Gasteiger partial charge in [0.15, 0.2) is 0 Å². The molecular formula is C14H26N2O3. The molecule has 110 valence electrons. The first kappa shape index (κ1) is 16.0. The molecule has 1 saturated heterocycles. The molecule has 0 aromatic rings. The van der Waals surface area contributed by atoms with E-state index < -0.39 is 6.04 Å². The molecule has 1 fully saturated rings. The second-order valence-corrected chi connectivity index (χ2v) is 5.14. The summed E-state index contributed by atoms with van der Waals surface area (Å²) in [6, 6.07) is -0.572. The Hall–Kier alpha value is -1.10. The molecule has 1 heterocycles. The minimum absolute atomic E-state index is 0.155. The van der Waals surface area contributed by atoms with Crippen molar-refractivity contribution in [2.75, 3.05) is 6.61 Å². The first-order valence-corrected chi connectivity index (χ1v) is 7.40. The molecule has 5 heteroatoms. The maximum atomic E-state index is 11.8. The van der Waals surface area contributed by atoms with Gasteiger partial charge in [-0.05, 0) is 6.42 Å². The molecule has 0 aromatic carbocycles. The average Bonchev–Trinajstić information content (AvgIpc) is 2.82. The fourth-order valence-corrected chi connectivity index (χ4v) is 2.27. The first-order valence-electron chi connectivity index (χ1n) is 7.40. The van der Waals surface area contributed by atoms with Crippen LogP contribution in [0.4, 0.5) is 0 Å². The average molecular weight is 270 g/mol. The van der Waals surface area contributed by atoms with Crippen LogP contribution in [-0.2, 0) is 14.3 Å². The summed E-state index contributed by atoms with van der Waals surface area (Å²) < 4.78 is 4.80. The van der Waals surface area contributed by atoms with Crippen molar-refractivity contribution in [1.29, 1.82) is 0 Å². The number of cyclic esters (lactones) is 1. The third-order valence-corrected chi connectivity index (χ3v) is 3.53. The van der Waals surface area contributed by atoms with E-state index in [2.05, 4.69) is 6.92 Å². The Labute approximate surface area is 115 Å². The van der Waals surface area contributed by atoms with Crippen LogP contribution >= 0.6 is 0 Å². The van der Waals surface area contributed by atoms with Crippen LogP contribution in [0.15, 0.2) is 0 Å². The Kier molecular flexibility index (Phi) is 7.48. The van der Waals surface area contributed by atoms with Crippen LogP contribution in [0, 0.1) is 0 Å². The van der Waals surface area contributed by atoms with Gasteiger partial charge in [0, 0.05) is 12.8 Å². The molecule has 0 spiro atoms. The maximum absolute atomic E-state index is 11.8. The SMILES string of the molecule is CCCCCCCCCC(=O)N(N)C1CCOC1=O. The van der Waals surface area contributed by atoms with Crippen molar-refractivity contribution in [1.82, 2.24) is 5.01 Å². The van der Waals surface area contributed by atoms with Crippen LogP contribution in [0.3, 0.4) is 0 Å². The highest BCUT2D eigenvalue weighted by Crippen LogP contribution is 2.14. The molecule has 0 aliphatic carbocycles. The van der Waals surface area contributed by atoms with Crippen molar-refractivity contribution < 1.29 is 14.3 Å². The minimum atomic E-state index is -0.572. The van der Waals surface area contributed by atoms with Crippen molar-refractivity contribution in [3.05, 3.63) is 0 Å². The summed E-state index contributed by atoms with van der Waals surface area (Å²) in [5.74, 6) is 5.14. The summed E-state index contributed by atoms with van der Waals surface area (Å²) >= 11 is 0. The number of unbranched alkanes of at least 4 members (excludes halogenated alkanes) is 6. The third kappa shape index (κ3) is 5.59. The summed E-state index contributed by atoms with van der Waals surface area (Å²) in [6.45, 7) is 2.56. The molecule has 1 unspecified atom stereocenters. The standard InChI is InChI=1S/C14H26N2O3/c1-2-3-4-5-6-7-8-9-13(17)16(15)12-10-11-19-14(12)18/h12H,2-11,15H2,1H3. The molecule has 0 aromatic heterocycles. The predicted octanol–water partition coefficient (Wildman–Crippen LogP) is 2.14. The van der Waals surface area contributed by atoms with Crippen LogP contribution in [-0.4, -0.2) is 29.5 Å². The molecule has 5 nitrogen and oxygen atoms in total. The molecule has 2 N–H and O–H groups in total. The molecule has 0 saturated carbocycles. The summed E-state index contributed by atoms with van der Waals surface area (Å²) in [7, 11) is 0. The number of hydrogen-bond donors (Lipinski definition) is 1. The lowest BCUT2D eigenvalue weighted by Crippen LogP contribution is -2.47. The highest BCUT2D eigenvalue weighted by Gasteiger charge is 2.33. The van der Waals surface area contributed by atoms with E-state index in [0.29, 0.717) is 19.4 Å². The Balaban J connectivity index is 2.08. The fraction of sp³-hybridized carbons (Fsp3) is 0.857. The molecular weight excluding hydrogens is 244 g/mol. The van der Waals surface area contributed by atoms with Gasteiger partial charge < -0.3 is 4.74 Å². The number of nitrogens with zero attached hydrogens (tertiary/aromatic N) is 1. The van der Waals surface area contributed by atoms with Gasteiger partial charge in [-0.25, -0.2) is 10.6 Å². The van der Waals surface area contributed by atoms with Gasteiger partial charge in [-0.3, -0.25) is 9.80 Å². The molecule has 1 aliphatic heterocycles. The maximum Gasteiger partial charge on any atom is 0.330 e. The topological polar surface area (TPSA) is 72.6 Å². The van der Waals surface area contributed by atoms with Crippen molar-refractivity contribution in [2.24, 2.45) is 5.84 Å². The number of esters is 1. The molecule has 0 radical (unpaired) electrons. The van der Waals surface area contributed by atoms with Crippen LogP contribution < -0.4 is 5.84 Å². The van der Waals surface area contributed by atoms with E-state index in [9.17, 15) is 9.59 Å². The summed E-state index contributed by atoms with van der Waals surface area (Å²) in [5, 5.41) is 1.06. The Morgan fingerprint density at radius 3 is 2.47 bits per heavy atom. The quantitative estimate of drug-likeness (QED) is 0.229. The molecule has 1 aliphatic rings. The van der Waals surface area contributed by atoms with Gasteiger partial charge in [-0.15, -0.1) is 0 Å². The largest absolute Gasteiger partial charge is 0.464 e. The van der Waals surface area contributed by atoms with Crippen molar-refractivity contribution in [3.8, 4) is 0 Å². The number of rotatable bonds is 9. The number of nitrogens with two attached hydrogens (primary N) is 1. The lowest BCUT2D eigenvalue weighted by molar-refractivity contribution is -0.148. The van der Waals surface area contributed by atoms with Crippen LogP contribution in [0.1, 0.15) is 64.7 Å². The lowest BCUT2D eigenvalue weighted by atomic mass is 10.1. The van der Waals surface area contributed by atoms with Crippen molar-refractivity contribution >= 4 is 11.9 Å². The van der Waals surface area contributed by atoms with Gasteiger partial charge in [-0.2, -0.15) is 0 Å². The van der Waals surface area contributed by atoms with E-state index in [1.807, 2.05) is 0 Å². The molecule has 1 rings (SSSR count). The third-order valence-electron chi connectivity index (χ3n) is 3.53. The zero-order valence-electron chi connectivity index (χ0n) is 11.9. The number of ether oxygens (including phenoxy) is 1. The number of hydrogen-bond acceptors (Lipinski definition) is 4. The lowest BCUT2D eigenvalue weighted by Gasteiger charge is -2.20. The highest BCUT2D eigenvalue weighted by atomic mass is 16.5. The van der Waals surface area contributed by atoms with E-state index >= 15 is 0 Å². The number of carbonyl (C=O) groups excluding carboxylic acids is 2. The predicted molar refractivity (Wildman–Crippen MR) is 73.0 cm³/mol. The van der Waals surface area contributed by atoms with Crippen molar-refractivity contribution in [2.45, 2.75) is 70.8 Å². The van der Waals surface area contributed by atoms with Crippen LogP contribution in [0.2, 0.25) is 0 Å². The van der Waals surface area contributed by atoms with Crippen LogP contribution in [0.25, 0.3) is 0 Å². The van der Waals surface area contributed by atoms with E-state index in [1.165, 1.54) is 32.1 Å². The van der Waals surface area contributed by atoms with Gasteiger partial charge in [0.25, 0.3) is 0 Å². The Bertz CT molecular complexity index is 294. The van der Waals surface area contributed by atoms with Gasteiger partial charge in [-0.1, -0.05) is 45.4 Å². The smallest absolute Gasteiger partial charge is 0.330 e. The molecule has 1 amide bonds. The normalized spacial score (nSPS) is 18.4. The number of carbonyl (C=O) groups is 2. The minimum Gasteiger partial charge on any atom is -0.464 e. The number of amides is 1. The summed E-state index contributed by atoms with van der Waals surface area (Å²) in [4.78, 5) is 23.1. The van der Waals surface area contributed by atoms with Crippen molar-refractivity contribution in [3.63, 3.8) is 0 Å². The van der Waals surface area contributed by atoms with Gasteiger partial charge >= 0.3 is 5.97 Å². The first-order chi connectivity index (χ1) is 9.16. The van der Waals surface area contributed by atoms with Gasteiger partial charge in [0.1, 0.15) is 6.04 Å². The Morgan fingerprint density at radius 2 is 1.89 bits per heavy atom. The Morgan fingerprint density at radius 1 is 1.26 bits per heavy atom. The summed E-state index contributed by atoms with van der Waals surface area (Å²) in [5.41, 5.74) is 0. The van der Waals surface area contributed by atoms with Gasteiger partial charge in [0.2, 0.25) is 5.91 Å². The zero-order chi connectivity index (χ0) is 14.1. The molecule has 1 atom stereocenters. The second-order valence-electron chi connectivity index (χ2n) is 5.14. The van der Waals surface area contributed by atoms with Gasteiger partial charge in [0.05, 0.1) is 6.61 Å². The fourth-order valence-electron chi connectivity index (χ4n) is 2.27. The molecule has 19 heavy (non-hydrogen) atoms. The highest BCUT2D eigenvalue weighted by molar-refractivity contribution is 5.85. The van der Waals surface area contributed by atoms with Crippen LogP contribution in [0.5, 0.6) is 0 Å². The zero-order valence-corrected chi connectivity index (χ0v) is 11.9. The van der Waals surface area contributed by atoms with E-state index in [-0.39, 0.29) is 11.9 Å². The summed E-state index contributed by atoms with van der Waals surface area (Å²) in [6.07, 6.45) is 9.07.